The minimum Gasteiger partial charge on any atom is -0.481 e. The second-order valence-corrected chi connectivity index (χ2v) is 8.94. The Balaban J connectivity index is 1.21. The molecule has 2 aliphatic rings. The van der Waals surface area contributed by atoms with Gasteiger partial charge in [-0.05, 0) is 42.0 Å². The minimum absolute atomic E-state index is 0.00271. The molecule has 8 nitrogen and oxygen atoms in total. The fraction of sp³-hybridized carbons (Fsp3) is 0.423. The van der Waals surface area contributed by atoms with Crippen LogP contribution in [0.15, 0.2) is 48.5 Å². The highest BCUT2D eigenvalue weighted by molar-refractivity contribution is 5.80. The van der Waals surface area contributed by atoms with Crippen molar-refractivity contribution >= 4 is 18.0 Å². The summed E-state index contributed by atoms with van der Waals surface area (Å²) in [6.45, 7) is 2.56. The zero-order valence-corrected chi connectivity index (χ0v) is 19.2. The van der Waals surface area contributed by atoms with Crippen molar-refractivity contribution in [2.45, 2.75) is 44.2 Å². The van der Waals surface area contributed by atoms with E-state index < -0.39 is 12.1 Å². The summed E-state index contributed by atoms with van der Waals surface area (Å²) < 4.78 is 11.2. The van der Waals surface area contributed by atoms with Gasteiger partial charge in [-0.15, -0.1) is 0 Å². The van der Waals surface area contributed by atoms with E-state index in [1.165, 1.54) is 11.1 Å². The van der Waals surface area contributed by atoms with Crippen LogP contribution in [-0.2, 0) is 19.1 Å². The lowest BCUT2D eigenvalue weighted by molar-refractivity contribution is -0.137. The van der Waals surface area contributed by atoms with E-state index in [2.05, 4.69) is 34.9 Å². The van der Waals surface area contributed by atoms with E-state index in [9.17, 15) is 14.4 Å². The Morgan fingerprint density at radius 1 is 1.09 bits per heavy atom. The Morgan fingerprint density at radius 3 is 2.38 bits per heavy atom. The van der Waals surface area contributed by atoms with Gasteiger partial charge in [0.25, 0.3) is 0 Å². The largest absolute Gasteiger partial charge is 0.481 e. The summed E-state index contributed by atoms with van der Waals surface area (Å²) in [5, 5.41) is 14.3. The molecule has 0 spiro atoms. The molecule has 2 amide bonds. The number of benzene rings is 2. The molecule has 8 heteroatoms. The van der Waals surface area contributed by atoms with Crippen molar-refractivity contribution in [3.8, 4) is 11.1 Å². The fourth-order valence-corrected chi connectivity index (χ4v) is 4.65. The van der Waals surface area contributed by atoms with Crippen molar-refractivity contribution in [2.75, 3.05) is 19.8 Å². The number of alkyl carbamates (subject to hydrolysis) is 1. The van der Waals surface area contributed by atoms with Crippen molar-refractivity contribution in [1.82, 2.24) is 10.6 Å². The van der Waals surface area contributed by atoms with Crippen molar-refractivity contribution in [2.24, 2.45) is 5.92 Å². The smallest absolute Gasteiger partial charge is 0.407 e. The molecule has 4 rings (SSSR count). The lowest BCUT2D eigenvalue weighted by Gasteiger charge is -2.16. The van der Waals surface area contributed by atoms with Gasteiger partial charge in [0.15, 0.2) is 0 Å². The summed E-state index contributed by atoms with van der Waals surface area (Å²) in [5.74, 6) is -1.36. The van der Waals surface area contributed by atoms with Crippen LogP contribution in [0, 0.1) is 5.92 Å². The van der Waals surface area contributed by atoms with E-state index in [1.54, 1.807) is 6.92 Å². The molecule has 3 N–H and O–H groups in total. The van der Waals surface area contributed by atoms with E-state index in [4.69, 9.17) is 14.6 Å². The molecular weight excluding hydrogens is 436 g/mol. The molecule has 2 aromatic rings. The molecule has 0 saturated carbocycles. The average Bonchev–Trinajstić information content (AvgIpc) is 3.43. The van der Waals surface area contributed by atoms with Gasteiger partial charge in [0, 0.05) is 24.9 Å². The normalized spacial score (nSPS) is 19.7. The molecule has 1 aliphatic heterocycles. The first kappa shape index (κ1) is 23.8. The zero-order chi connectivity index (χ0) is 24.1. The maximum atomic E-state index is 12.4. The van der Waals surface area contributed by atoms with E-state index in [1.807, 2.05) is 24.3 Å². The number of carboxylic acids is 1. The number of rotatable bonds is 9. The number of carbonyl (C=O) groups is 3. The summed E-state index contributed by atoms with van der Waals surface area (Å²) in [6.07, 6.45) is 0.0870. The molecule has 3 atom stereocenters. The third kappa shape index (κ3) is 5.56. The van der Waals surface area contributed by atoms with E-state index in [0.29, 0.717) is 12.8 Å². The van der Waals surface area contributed by atoms with Gasteiger partial charge in [-0.1, -0.05) is 48.5 Å². The predicted molar refractivity (Wildman–Crippen MR) is 125 cm³/mol. The maximum Gasteiger partial charge on any atom is 0.407 e. The van der Waals surface area contributed by atoms with Crippen LogP contribution in [0.2, 0.25) is 0 Å². The second-order valence-electron chi connectivity index (χ2n) is 8.94. The second kappa shape index (κ2) is 10.7. The third-order valence-electron chi connectivity index (χ3n) is 6.45. The highest BCUT2D eigenvalue weighted by Gasteiger charge is 2.32. The Hall–Kier alpha value is -3.39. The molecule has 1 fully saturated rings. The number of nitrogens with one attached hydrogen (secondary N) is 2. The molecule has 1 heterocycles. The molecular formula is C26H30N2O6. The lowest BCUT2D eigenvalue weighted by Crippen LogP contribution is -2.38. The van der Waals surface area contributed by atoms with Crippen molar-refractivity contribution in [3.63, 3.8) is 0 Å². The number of aliphatic carboxylic acids is 1. The molecule has 1 saturated heterocycles. The summed E-state index contributed by atoms with van der Waals surface area (Å²) in [5.41, 5.74) is 4.66. The quantitative estimate of drug-likeness (QED) is 0.523. The molecule has 1 aliphatic carbocycles. The van der Waals surface area contributed by atoms with Gasteiger partial charge in [-0.25, -0.2) is 4.79 Å². The number of ether oxygens (including phenoxy) is 2. The van der Waals surface area contributed by atoms with Gasteiger partial charge in [0.1, 0.15) is 6.61 Å². The Bertz CT molecular complexity index is 1010. The van der Waals surface area contributed by atoms with Gasteiger partial charge < -0.3 is 25.2 Å². The minimum atomic E-state index is -0.885. The van der Waals surface area contributed by atoms with Crippen LogP contribution in [0.3, 0.4) is 0 Å². The average molecular weight is 467 g/mol. The van der Waals surface area contributed by atoms with E-state index in [-0.39, 0.29) is 56.1 Å². The topological polar surface area (TPSA) is 114 Å². The molecule has 0 bridgehead atoms. The number of hydrogen-bond acceptors (Lipinski definition) is 5. The molecule has 34 heavy (non-hydrogen) atoms. The predicted octanol–water partition coefficient (Wildman–Crippen LogP) is 3.30. The van der Waals surface area contributed by atoms with Crippen LogP contribution in [0.25, 0.3) is 11.1 Å². The van der Waals surface area contributed by atoms with Crippen LogP contribution in [-0.4, -0.2) is 55.0 Å². The van der Waals surface area contributed by atoms with Gasteiger partial charge in [0.2, 0.25) is 5.91 Å². The molecule has 180 valence electrons. The van der Waals surface area contributed by atoms with E-state index >= 15 is 0 Å². The first-order chi connectivity index (χ1) is 16.4. The van der Waals surface area contributed by atoms with Crippen molar-refractivity contribution in [1.29, 1.82) is 0 Å². The third-order valence-corrected chi connectivity index (χ3v) is 6.45. The zero-order valence-electron chi connectivity index (χ0n) is 19.2. The number of hydrogen-bond donors (Lipinski definition) is 3. The fourth-order valence-electron chi connectivity index (χ4n) is 4.65. The van der Waals surface area contributed by atoms with Gasteiger partial charge in [-0.2, -0.15) is 0 Å². The van der Waals surface area contributed by atoms with Crippen molar-refractivity contribution < 1.29 is 29.0 Å². The van der Waals surface area contributed by atoms with Crippen LogP contribution in [0.4, 0.5) is 4.79 Å². The number of carboxylic acid groups (broad SMARTS) is 1. The monoisotopic (exact) mass is 466 g/mol. The summed E-state index contributed by atoms with van der Waals surface area (Å²) in [6, 6.07) is 16.1. The highest BCUT2D eigenvalue weighted by Crippen LogP contribution is 2.44. The van der Waals surface area contributed by atoms with Gasteiger partial charge >= 0.3 is 12.1 Å². The van der Waals surface area contributed by atoms with E-state index in [0.717, 1.165) is 11.1 Å². The standard InChI is InChI=1S/C26H30N2O6/c1-16(10-11-24(29)30)28-25(31)17-12-18(33-14-17)13-27-26(32)34-15-23-21-8-4-2-6-19(21)20-7-3-5-9-22(20)23/h2-9,16-18,23H,10-15H2,1H3,(H,27,32)(H,28,31)(H,29,30). The Morgan fingerprint density at radius 2 is 1.74 bits per heavy atom. The molecule has 0 aromatic heterocycles. The van der Waals surface area contributed by atoms with Crippen LogP contribution in [0.1, 0.15) is 43.2 Å². The highest BCUT2D eigenvalue weighted by atomic mass is 16.5. The number of carbonyl (C=O) groups excluding carboxylic acids is 2. The molecule has 2 aromatic carbocycles. The van der Waals surface area contributed by atoms with Crippen LogP contribution in [0.5, 0.6) is 0 Å². The molecule has 3 unspecified atom stereocenters. The summed E-state index contributed by atoms with van der Waals surface area (Å²) >= 11 is 0. The number of fused-ring (bicyclic) bond motifs is 3. The SMILES string of the molecule is CC(CCC(=O)O)NC(=O)C1COC(CNC(=O)OCC2c3ccccc3-c3ccccc32)C1. The molecule has 0 radical (unpaired) electrons. The van der Waals surface area contributed by atoms with Crippen LogP contribution >= 0.6 is 0 Å². The first-order valence-corrected chi connectivity index (χ1v) is 11.6. The maximum absolute atomic E-state index is 12.4. The Kier molecular flexibility index (Phi) is 7.47. The summed E-state index contributed by atoms with van der Waals surface area (Å²) in [7, 11) is 0. The Labute approximate surface area is 198 Å². The first-order valence-electron chi connectivity index (χ1n) is 11.6. The van der Waals surface area contributed by atoms with Gasteiger partial charge in [-0.3, -0.25) is 9.59 Å². The lowest BCUT2D eigenvalue weighted by atomic mass is 9.98. The van der Waals surface area contributed by atoms with Gasteiger partial charge in [0.05, 0.1) is 18.6 Å². The number of amides is 2. The van der Waals surface area contributed by atoms with Crippen molar-refractivity contribution in [3.05, 3.63) is 59.7 Å². The summed E-state index contributed by atoms with van der Waals surface area (Å²) in [4.78, 5) is 35.4. The van der Waals surface area contributed by atoms with Crippen LogP contribution < -0.4 is 10.6 Å².